The molecule has 2 aromatic carbocycles. The Bertz CT molecular complexity index is 1010. The first-order chi connectivity index (χ1) is 14.1. The molecule has 1 aliphatic heterocycles. The number of nitrogens with one attached hydrogen (secondary N) is 1. The molecule has 2 heterocycles. The minimum absolute atomic E-state index is 0.0589. The quantitative estimate of drug-likeness (QED) is 0.687. The minimum atomic E-state index is -0.0880. The molecule has 3 aromatic rings. The van der Waals surface area contributed by atoms with Crippen LogP contribution in [0, 0.1) is 0 Å². The smallest absolute Gasteiger partial charge is 0.255 e. The third-order valence-electron chi connectivity index (χ3n) is 4.89. The first-order valence-corrected chi connectivity index (χ1v) is 10.7. The summed E-state index contributed by atoms with van der Waals surface area (Å²) in [4.78, 5) is 33.6. The maximum Gasteiger partial charge on any atom is 0.255 e. The number of fused-ring (bicyclic) bond motifs is 1. The molecular formula is C21H21ClN4O2S. The summed E-state index contributed by atoms with van der Waals surface area (Å²) in [6.45, 7) is 2.91. The molecule has 8 heteroatoms. The summed E-state index contributed by atoms with van der Waals surface area (Å²) < 4.78 is 1.05. The van der Waals surface area contributed by atoms with Crippen LogP contribution in [0.1, 0.15) is 16.8 Å². The molecule has 0 atom stereocenters. The molecule has 0 unspecified atom stereocenters. The highest BCUT2D eigenvalue weighted by atomic mass is 35.5. The number of anilines is 1. The van der Waals surface area contributed by atoms with Gasteiger partial charge in [0.05, 0.1) is 27.3 Å². The van der Waals surface area contributed by atoms with Crippen LogP contribution in [-0.2, 0) is 4.79 Å². The fourth-order valence-corrected chi connectivity index (χ4v) is 4.52. The number of rotatable bonds is 4. The van der Waals surface area contributed by atoms with E-state index in [1.54, 1.807) is 12.1 Å². The van der Waals surface area contributed by atoms with Gasteiger partial charge in [-0.2, -0.15) is 0 Å². The molecule has 1 aromatic heterocycles. The molecular weight excluding hydrogens is 408 g/mol. The molecule has 1 N–H and O–H groups in total. The largest absolute Gasteiger partial charge is 0.337 e. The second-order valence-electron chi connectivity index (χ2n) is 6.94. The number of hydrogen-bond acceptors (Lipinski definition) is 5. The lowest BCUT2D eigenvalue weighted by Crippen LogP contribution is -2.38. The van der Waals surface area contributed by atoms with Crippen molar-refractivity contribution in [2.24, 2.45) is 0 Å². The molecule has 1 saturated heterocycles. The van der Waals surface area contributed by atoms with E-state index in [4.69, 9.17) is 11.6 Å². The molecule has 1 aliphatic rings. The van der Waals surface area contributed by atoms with Crippen molar-refractivity contribution in [3.05, 3.63) is 59.1 Å². The van der Waals surface area contributed by atoms with Crippen molar-refractivity contribution in [3.8, 4) is 0 Å². The third kappa shape index (κ3) is 4.75. The lowest BCUT2D eigenvalue weighted by molar-refractivity contribution is -0.117. The molecule has 0 spiro atoms. The van der Waals surface area contributed by atoms with Crippen molar-refractivity contribution in [1.82, 2.24) is 14.8 Å². The van der Waals surface area contributed by atoms with Crippen molar-refractivity contribution in [2.75, 3.05) is 38.0 Å². The Labute approximate surface area is 178 Å². The molecule has 0 bridgehead atoms. The summed E-state index contributed by atoms with van der Waals surface area (Å²) in [7, 11) is 0. The van der Waals surface area contributed by atoms with Crippen LogP contribution < -0.4 is 5.32 Å². The Morgan fingerprint density at radius 3 is 2.66 bits per heavy atom. The van der Waals surface area contributed by atoms with Crippen LogP contribution in [0.4, 0.5) is 5.13 Å². The molecule has 6 nitrogen and oxygen atoms in total. The number of amides is 2. The normalized spacial score (nSPS) is 15.3. The Kier molecular flexibility index (Phi) is 6.08. The van der Waals surface area contributed by atoms with E-state index in [2.05, 4.69) is 15.2 Å². The number of thiazole rings is 1. The highest BCUT2D eigenvalue weighted by Crippen LogP contribution is 2.25. The standard InChI is InChI=1S/C21H21ClN4O2S/c22-16-7-2-1-6-15(16)20(28)26-11-5-10-25(12-13-26)14-19(27)24-21-23-17-8-3-4-9-18(17)29-21/h1-4,6-9H,5,10-14H2,(H,23,24,27). The van der Waals surface area contributed by atoms with Crippen molar-refractivity contribution in [3.63, 3.8) is 0 Å². The average Bonchev–Trinajstić information content (AvgIpc) is 2.97. The van der Waals surface area contributed by atoms with Gasteiger partial charge in [-0.15, -0.1) is 0 Å². The Morgan fingerprint density at radius 2 is 1.83 bits per heavy atom. The van der Waals surface area contributed by atoms with Crippen LogP contribution in [0.15, 0.2) is 48.5 Å². The van der Waals surface area contributed by atoms with Crippen LogP contribution in [0.3, 0.4) is 0 Å². The molecule has 1 fully saturated rings. The van der Waals surface area contributed by atoms with Gasteiger partial charge in [-0.25, -0.2) is 4.98 Å². The van der Waals surface area contributed by atoms with E-state index < -0.39 is 0 Å². The second-order valence-corrected chi connectivity index (χ2v) is 8.37. The summed E-state index contributed by atoms with van der Waals surface area (Å²) in [6.07, 6.45) is 0.810. The monoisotopic (exact) mass is 428 g/mol. The van der Waals surface area contributed by atoms with Gasteiger partial charge in [-0.3, -0.25) is 14.5 Å². The van der Waals surface area contributed by atoms with Gasteiger partial charge in [0.15, 0.2) is 5.13 Å². The zero-order valence-corrected chi connectivity index (χ0v) is 17.4. The van der Waals surface area contributed by atoms with Crippen LogP contribution in [0.25, 0.3) is 10.2 Å². The fourth-order valence-electron chi connectivity index (χ4n) is 3.42. The topological polar surface area (TPSA) is 65.5 Å². The van der Waals surface area contributed by atoms with Crippen LogP contribution >= 0.6 is 22.9 Å². The van der Waals surface area contributed by atoms with Gasteiger partial charge >= 0.3 is 0 Å². The molecule has 150 valence electrons. The number of hydrogen-bond donors (Lipinski definition) is 1. The predicted molar refractivity (Wildman–Crippen MR) is 117 cm³/mol. The number of carbonyl (C=O) groups is 2. The average molecular weight is 429 g/mol. The number of para-hydroxylation sites is 1. The zero-order chi connectivity index (χ0) is 20.2. The molecule has 4 rings (SSSR count). The van der Waals surface area contributed by atoms with E-state index in [1.165, 1.54) is 11.3 Å². The zero-order valence-electron chi connectivity index (χ0n) is 15.8. The minimum Gasteiger partial charge on any atom is -0.337 e. The van der Waals surface area contributed by atoms with Crippen molar-refractivity contribution in [1.29, 1.82) is 0 Å². The second kappa shape index (κ2) is 8.90. The number of nitrogens with zero attached hydrogens (tertiary/aromatic N) is 3. The summed E-state index contributed by atoms with van der Waals surface area (Å²) in [5, 5.41) is 3.97. The third-order valence-corrected chi connectivity index (χ3v) is 6.17. The summed E-state index contributed by atoms with van der Waals surface area (Å²) in [5.41, 5.74) is 1.41. The highest BCUT2D eigenvalue weighted by molar-refractivity contribution is 7.22. The van der Waals surface area contributed by atoms with E-state index >= 15 is 0 Å². The lowest BCUT2D eigenvalue weighted by atomic mass is 10.2. The predicted octanol–water partition coefficient (Wildman–Crippen LogP) is 3.74. The summed E-state index contributed by atoms with van der Waals surface area (Å²) in [6, 6.07) is 14.9. The van der Waals surface area contributed by atoms with E-state index in [0.29, 0.717) is 35.4 Å². The number of aromatic nitrogens is 1. The van der Waals surface area contributed by atoms with Gasteiger partial charge < -0.3 is 10.2 Å². The van der Waals surface area contributed by atoms with E-state index in [-0.39, 0.29) is 18.4 Å². The van der Waals surface area contributed by atoms with Gasteiger partial charge in [0, 0.05) is 26.2 Å². The summed E-state index contributed by atoms with van der Waals surface area (Å²) >= 11 is 7.64. The van der Waals surface area contributed by atoms with E-state index in [0.717, 1.165) is 23.2 Å². The lowest BCUT2D eigenvalue weighted by Gasteiger charge is -2.22. The molecule has 2 amide bonds. The first-order valence-electron chi connectivity index (χ1n) is 9.52. The van der Waals surface area contributed by atoms with Crippen LogP contribution in [0.2, 0.25) is 5.02 Å². The summed E-state index contributed by atoms with van der Waals surface area (Å²) in [5.74, 6) is -0.147. The Balaban J connectivity index is 1.33. The highest BCUT2D eigenvalue weighted by Gasteiger charge is 2.23. The van der Waals surface area contributed by atoms with Gasteiger partial charge in [-0.1, -0.05) is 47.2 Å². The van der Waals surface area contributed by atoms with Gasteiger partial charge in [0.2, 0.25) is 5.91 Å². The fraction of sp³-hybridized carbons (Fsp3) is 0.286. The Hall–Kier alpha value is -2.48. The van der Waals surface area contributed by atoms with Crippen molar-refractivity contribution < 1.29 is 9.59 Å². The van der Waals surface area contributed by atoms with Gasteiger partial charge in [-0.05, 0) is 30.7 Å². The number of benzene rings is 2. The van der Waals surface area contributed by atoms with Crippen LogP contribution in [0.5, 0.6) is 0 Å². The number of halogens is 1. The van der Waals surface area contributed by atoms with E-state index in [9.17, 15) is 9.59 Å². The Morgan fingerprint density at radius 1 is 1.03 bits per heavy atom. The van der Waals surface area contributed by atoms with Crippen LogP contribution in [-0.4, -0.2) is 59.3 Å². The SMILES string of the molecule is O=C(CN1CCCN(C(=O)c2ccccc2Cl)CC1)Nc1nc2ccccc2s1. The first kappa shape index (κ1) is 19.8. The van der Waals surface area contributed by atoms with E-state index in [1.807, 2.05) is 41.3 Å². The van der Waals surface area contributed by atoms with Gasteiger partial charge in [0.1, 0.15) is 0 Å². The van der Waals surface area contributed by atoms with Gasteiger partial charge in [0.25, 0.3) is 5.91 Å². The number of carbonyl (C=O) groups excluding carboxylic acids is 2. The molecule has 29 heavy (non-hydrogen) atoms. The molecule has 0 aliphatic carbocycles. The van der Waals surface area contributed by atoms with Crippen molar-refractivity contribution in [2.45, 2.75) is 6.42 Å². The maximum atomic E-state index is 12.8. The maximum absolute atomic E-state index is 12.8. The molecule has 0 saturated carbocycles. The van der Waals surface area contributed by atoms with Crippen molar-refractivity contribution >= 4 is 50.1 Å². The molecule has 0 radical (unpaired) electrons.